The van der Waals surface area contributed by atoms with Crippen molar-refractivity contribution in [3.8, 4) is 16.9 Å². The van der Waals surface area contributed by atoms with E-state index in [4.69, 9.17) is 14.9 Å². The molecule has 0 aliphatic carbocycles. The van der Waals surface area contributed by atoms with Crippen LogP contribution in [0.1, 0.15) is 5.56 Å². The second-order valence-electron chi connectivity index (χ2n) is 11.1. The summed E-state index contributed by atoms with van der Waals surface area (Å²) in [6.07, 6.45) is 0. The Morgan fingerprint density at radius 1 is 0.533 bits per heavy atom. The molecule has 0 saturated heterocycles. The van der Waals surface area contributed by atoms with Crippen LogP contribution in [-0.4, -0.2) is 0 Å². The molecule has 8 aromatic rings. The SMILES string of the molecule is Nc1cc(N(c2ccc3c(c2)oc2ccccc23)c2ccccc2-c2ccccc2)c2ccccc2c1OCc1ccccc1. The second kappa shape index (κ2) is 11.3. The third kappa shape index (κ3) is 4.83. The van der Waals surface area contributed by atoms with Gasteiger partial charge in [-0.15, -0.1) is 0 Å². The van der Waals surface area contributed by atoms with Crippen molar-refractivity contribution in [2.45, 2.75) is 6.61 Å². The van der Waals surface area contributed by atoms with E-state index in [2.05, 4.69) is 108 Å². The van der Waals surface area contributed by atoms with Crippen LogP contribution in [0.15, 0.2) is 162 Å². The van der Waals surface area contributed by atoms with E-state index in [1.54, 1.807) is 0 Å². The van der Waals surface area contributed by atoms with E-state index >= 15 is 0 Å². The molecular weight excluding hydrogens is 552 g/mol. The van der Waals surface area contributed by atoms with Crippen molar-refractivity contribution in [3.05, 3.63) is 163 Å². The zero-order chi connectivity index (χ0) is 30.2. The van der Waals surface area contributed by atoms with Gasteiger partial charge in [-0.1, -0.05) is 121 Å². The standard InChI is InChI=1S/C41H30N2O2/c42-36-26-38(32-18-7-8-20-35(32)41(36)44-27-28-13-3-1-4-14-28)43(37-21-11-9-17-31(37)29-15-5-2-6-16-29)30-23-24-34-33-19-10-12-22-39(33)45-40(34)25-30/h1-26H,27,42H2. The van der Waals surface area contributed by atoms with Crippen molar-refractivity contribution in [2.75, 3.05) is 10.6 Å². The van der Waals surface area contributed by atoms with Gasteiger partial charge in [-0.3, -0.25) is 0 Å². The molecule has 0 spiro atoms. The highest BCUT2D eigenvalue weighted by atomic mass is 16.5. The molecule has 0 bridgehead atoms. The van der Waals surface area contributed by atoms with Crippen LogP contribution in [0, 0.1) is 0 Å². The van der Waals surface area contributed by atoms with Crippen LogP contribution in [0.3, 0.4) is 0 Å². The van der Waals surface area contributed by atoms with E-state index in [1.807, 2.05) is 54.6 Å². The van der Waals surface area contributed by atoms with Gasteiger partial charge in [0.25, 0.3) is 0 Å². The summed E-state index contributed by atoms with van der Waals surface area (Å²) in [5, 5.41) is 4.17. The third-order valence-electron chi connectivity index (χ3n) is 8.32. The van der Waals surface area contributed by atoms with Gasteiger partial charge in [0.15, 0.2) is 5.75 Å². The van der Waals surface area contributed by atoms with E-state index < -0.39 is 0 Å². The number of hydrogen-bond acceptors (Lipinski definition) is 4. The molecule has 45 heavy (non-hydrogen) atoms. The van der Waals surface area contributed by atoms with Gasteiger partial charge < -0.3 is 19.8 Å². The van der Waals surface area contributed by atoms with E-state index in [0.717, 1.165) is 66.5 Å². The van der Waals surface area contributed by atoms with Gasteiger partial charge in [-0.25, -0.2) is 0 Å². The highest BCUT2D eigenvalue weighted by molar-refractivity contribution is 6.09. The molecule has 0 aliphatic heterocycles. The summed E-state index contributed by atoms with van der Waals surface area (Å²) in [6, 6.07) is 54.1. The molecule has 0 radical (unpaired) electrons. The van der Waals surface area contributed by atoms with Crippen LogP contribution < -0.4 is 15.4 Å². The zero-order valence-corrected chi connectivity index (χ0v) is 24.6. The molecule has 4 nitrogen and oxygen atoms in total. The number of nitrogens with zero attached hydrogens (tertiary/aromatic N) is 1. The van der Waals surface area contributed by atoms with Crippen LogP contribution in [0.25, 0.3) is 43.8 Å². The van der Waals surface area contributed by atoms with Crippen molar-refractivity contribution in [3.63, 3.8) is 0 Å². The van der Waals surface area contributed by atoms with E-state index in [1.165, 1.54) is 0 Å². The number of rotatable bonds is 7. The summed E-state index contributed by atoms with van der Waals surface area (Å²) in [6.45, 7) is 0.428. The largest absolute Gasteiger partial charge is 0.486 e. The second-order valence-corrected chi connectivity index (χ2v) is 11.1. The van der Waals surface area contributed by atoms with E-state index in [0.29, 0.717) is 18.0 Å². The quantitative estimate of drug-likeness (QED) is 0.190. The molecule has 7 aromatic carbocycles. The lowest BCUT2D eigenvalue weighted by Crippen LogP contribution is -2.13. The number of ether oxygens (including phenoxy) is 1. The minimum Gasteiger partial charge on any atom is -0.486 e. The normalized spacial score (nSPS) is 11.3. The van der Waals surface area contributed by atoms with Gasteiger partial charge in [0.05, 0.1) is 17.1 Å². The van der Waals surface area contributed by atoms with Crippen molar-refractivity contribution in [1.29, 1.82) is 0 Å². The number of anilines is 4. The molecule has 0 aliphatic rings. The Bertz CT molecular complexity index is 2290. The van der Waals surface area contributed by atoms with Crippen molar-refractivity contribution in [2.24, 2.45) is 0 Å². The van der Waals surface area contributed by atoms with Crippen LogP contribution in [0.2, 0.25) is 0 Å². The molecule has 2 N–H and O–H groups in total. The van der Waals surface area contributed by atoms with E-state index in [9.17, 15) is 0 Å². The Labute approximate surface area is 261 Å². The Kier molecular flexibility index (Phi) is 6.65. The average Bonchev–Trinajstić information content (AvgIpc) is 3.47. The number of fused-ring (bicyclic) bond motifs is 4. The topological polar surface area (TPSA) is 51.6 Å². The molecule has 8 rings (SSSR count). The number of nitrogens with two attached hydrogens (primary N) is 1. The molecule has 0 atom stereocenters. The molecule has 1 heterocycles. The fourth-order valence-corrected chi connectivity index (χ4v) is 6.22. The van der Waals surface area contributed by atoms with Gasteiger partial charge >= 0.3 is 0 Å². The summed E-state index contributed by atoms with van der Waals surface area (Å²) in [4.78, 5) is 2.29. The van der Waals surface area contributed by atoms with Crippen LogP contribution in [0.5, 0.6) is 5.75 Å². The Balaban J connectivity index is 1.36. The summed E-state index contributed by atoms with van der Waals surface area (Å²) < 4.78 is 12.8. The summed E-state index contributed by atoms with van der Waals surface area (Å²) in [5.41, 5.74) is 15.4. The minimum atomic E-state index is 0.428. The smallest absolute Gasteiger partial charge is 0.150 e. The molecule has 0 unspecified atom stereocenters. The van der Waals surface area contributed by atoms with Gasteiger partial charge in [0.1, 0.15) is 17.8 Å². The fraction of sp³-hybridized carbons (Fsp3) is 0.0244. The monoisotopic (exact) mass is 582 g/mol. The highest BCUT2D eigenvalue weighted by Crippen LogP contribution is 2.48. The summed E-state index contributed by atoms with van der Waals surface area (Å²) in [5.74, 6) is 0.683. The first kappa shape index (κ1) is 26.6. The Morgan fingerprint density at radius 3 is 2.00 bits per heavy atom. The lowest BCUT2D eigenvalue weighted by Gasteiger charge is -2.30. The van der Waals surface area contributed by atoms with Crippen LogP contribution in [-0.2, 0) is 6.61 Å². The van der Waals surface area contributed by atoms with Gasteiger partial charge in [-0.2, -0.15) is 0 Å². The first-order chi connectivity index (χ1) is 22.2. The predicted octanol–water partition coefficient (Wildman–Crippen LogP) is 11.0. The van der Waals surface area contributed by atoms with Crippen LogP contribution >= 0.6 is 0 Å². The number of benzene rings is 7. The Morgan fingerprint density at radius 2 is 1.18 bits per heavy atom. The molecule has 0 fully saturated rings. The van der Waals surface area contributed by atoms with Crippen LogP contribution in [0.4, 0.5) is 22.7 Å². The first-order valence-corrected chi connectivity index (χ1v) is 15.1. The highest BCUT2D eigenvalue weighted by Gasteiger charge is 2.23. The summed E-state index contributed by atoms with van der Waals surface area (Å²) >= 11 is 0. The summed E-state index contributed by atoms with van der Waals surface area (Å²) in [7, 11) is 0. The number of hydrogen-bond donors (Lipinski definition) is 1. The first-order valence-electron chi connectivity index (χ1n) is 15.1. The number of para-hydroxylation sites is 2. The van der Waals surface area contributed by atoms with Crippen molar-refractivity contribution >= 4 is 55.5 Å². The average molecular weight is 583 g/mol. The molecule has 216 valence electrons. The van der Waals surface area contributed by atoms with Crippen molar-refractivity contribution < 1.29 is 9.15 Å². The lowest BCUT2D eigenvalue weighted by molar-refractivity contribution is 0.312. The van der Waals surface area contributed by atoms with E-state index in [-0.39, 0.29) is 0 Å². The predicted molar refractivity (Wildman–Crippen MR) is 187 cm³/mol. The molecule has 4 heteroatoms. The maximum absolute atomic E-state index is 6.87. The lowest BCUT2D eigenvalue weighted by atomic mass is 9.99. The Hall–Kier alpha value is -6.00. The molecule has 1 aromatic heterocycles. The number of nitrogen functional groups attached to an aromatic ring is 1. The minimum absolute atomic E-state index is 0.428. The molecule has 0 saturated carbocycles. The maximum atomic E-state index is 6.87. The van der Waals surface area contributed by atoms with Gasteiger partial charge in [-0.05, 0) is 41.5 Å². The third-order valence-corrected chi connectivity index (χ3v) is 8.32. The zero-order valence-electron chi connectivity index (χ0n) is 24.6. The molecule has 0 amide bonds. The van der Waals surface area contributed by atoms with Gasteiger partial charge in [0.2, 0.25) is 0 Å². The van der Waals surface area contributed by atoms with Gasteiger partial charge in [0, 0.05) is 38.9 Å². The van der Waals surface area contributed by atoms with Crippen molar-refractivity contribution in [1.82, 2.24) is 0 Å². The maximum Gasteiger partial charge on any atom is 0.150 e. The molecular formula is C41H30N2O2. The fourth-order valence-electron chi connectivity index (χ4n) is 6.22. The number of furan rings is 1.